The van der Waals surface area contributed by atoms with Crippen molar-refractivity contribution in [3.8, 4) is 11.4 Å². The van der Waals surface area contributed by atoms with Crippen molar-refractivity contribution in [1.29, 1.82) is 0 Å². The van der Waals surface area contributed by atoms with Crippen LogP contribution in [0.15, 0.2) is 67.0 Å². The standard InChI is InChI=1S/C18H13FN4/c19-13-4-3-5-14(9-13)22-18-10-16-12(11-21-18)8-17(23-16)15-6-1-2-7-20-15/h1-11,23H,(H,21,22). The molecule has 112 valence electrons. The summed E-state index contributed by atoms with van der Waals surface area (Å²) < 4.78 is 13.2. The molecule has 0 fully saturated rings. The molecule has 0 amide bonds. The molecule has 3 heterocycles. The van der Waals surface area contributed by atoms with Gasteiger partial charge in [0, 0.05) is 29.5 Å². The lowest BCUT2D eigenvalue weighted by atomic mass is 10.2. The van der Waals surface area contributed by atoms with Crippen LogP contribution in [0.1, 0.15) is 0 Å². The molecule has 0 aliphatic heterocycles. The molecule has 0 spiro atoms. The average molecular weight is 304 g/mol. The maximum absolute atomic E-state index is 13.2. The molecule has 4 aromatic rings. The van der Waals surface area contributed by atoms with Gasteiger partial charge in [-0.05, 0) is 36.4 Å². The van der Waals surface area contributed by atoms with E-state index in [0.717, 1.165) is 22.3 Å². The van der Waals surface area contributed by atoms with Crippen molar-refractivity contribution in [3.63, 3.8) is 0 Å². The van der Waals surface area contributed by atoms with E-state index in [1.165, 1.54) is 12.1 Å². The smallest absolute Gasteiger partial charge is 0.132 e. The predicted molar refractivity (Wildman–Crippen MR) is 89.0 cm³/mol. The van der Waals surface area contributed by atoms with Gasteiger partial charge in [0.15, 0.2) is 0 Å². The highest BCUT2D eigenvalue weighted by atomic mass is 19.1. The zero-order chi connectivity index (χ0) is 15.6. The van der Waals surface area contributed by atoms with E-state index in [1.54, 1.807) is 24.5 Å². The van der Waals surface area contributed by atoms with Gasteiger partial charge < -0.3 is 10.3 Å². The number of benzene rings is 1. The van der Waals surface area contributed by atoms with Crippen LogP contribution in [0.4, 0.5) is 15.9 Å². The molecule has 0 aliphatic carbocycles. The molecule has 23 heavy (non-hydrogen) atoms. The minimum Gasteiger partial charge on any atom is -0.353 e. The van der Waals surface area contributed by atoms with Crippen LogP contribution >= 0.6 is 0 Å². The van der Waals surface area contributed by atoms with Crippen LogP contribution in [0, 0.1) is 5.82 Å². The number of nitrogens with zero attached hydrogens (tertiary/aromatic N) is 2. The predicted octanol–water partition coefficient (Wildman–Crippen LogP) is 4.51. The Morgan fingerprint density at radius 2 is 1.91 bits per heavy atom. The minimum absolute atomic E-state index is 0.284. The Hall–Kier alpha value is -3.21. The molecule has 4 rings (SSSR count). The van der Waals surface area contributed by atoms with Crippen molar-refractivity contribution in [1.82, 2.24) is 15.0 Å². The zero-order valence-electron chi connectivity index (χ0n) is 12.1. The summed E-state index contributed by atoms with van der Waals surface area (Å²) in [6, 6.07) is 16.0. The number of aromatic nitrogens is 3. The summed E-state index contributed by atoms with van der Waals surface area (Å²) >= 11 is 0. The van der Waals surface area contributed by atoms with Crippen LogP contribution in [0.5, 0.6) is 0 Å². The average Bonchev–Trinajstić information content (AvgIpc) is 2.99. The van der Waals surface area contributed by atoms with Gasteiger partial charge in [0.1, 0.15) is 11.6 Å². The summed E-state index contributed by atoms with van der Waals surface area (Å²) in [5.41, 5.74) is 3.42. The highest BCUT2D eigenvalue weighted by Gasteiger charge is 2.06. The molecule has 3 aromatic heterocycles. The molecule has 5 heteroatoms. The van der Waals surface area contributed by atoms with Crippen LogP contribution in [0.25, 0.3) is 22.3 Å². The molecule has 0 saturated carbocycles. The van der Waals surface area contributed by atoms with Gasteiger partial charge in [0.2, 0.25) is 0 Å². The van der Waals surface area contributed by atoms with Gasteiger partial charge in [-0.15, -0.1) is 0 Å². The second-order valence-electron chi connectivity index (χ2n) is 5.19. The first-order valence-corrected chi connectivity index (χ1v) is 7.21. The summed E-state index contributed by atoms with van der Waals surface area (Å²) in [6.07, 6.45) is 3.54. The number of hydrogen-bond acceptors (Lipinski definition) is 3. The second-order valence-corrected chi connectivity index (χ2v) is 5.19. The summed E-state index contributed by atoms with van der Waals surface area (Å²) in [5.74, 6) is 0.367. The number of aromatic amines is 1. The minimum atomic E-state index is -0.284. The maximum Gasteiger partial charge on any atom is 0.132 e. The maximum atomic E-state index is 13.2. The second kappa shape index (κ2) is 5.53. The Morgan fingerprint density at radius 3 is 2.74 bits per heavy atom. The van der Waals surface area contributed by atoms with Gasteiger partial charge in [0.05, 0.1) is 16.9 Å². The fraction of sp³-hybridized carbons (Fsp3) is 0. The number of hydrogen-bond donors (Lipinski definition) is 2. The summed E-state index contributed by atoms with van der Waals surface area (Å²) in [7, 11) is 0. The van der Waals surface area contributed by atoms with E-state index in [0.29, 0.717) is 11.5 Å². The Bertz CT molecular complexity index is 963. The van der Waals surface area contributed by atoms with E-state index >= 15 is 0 Å². The van der Waals surface area contributed by atoms with E-state index in [2.05, 4.69) is 20.3 Å². The molecular formula is C18H13FN4. The SMILES string of the molecule is Fc1cccc(Nc2cc3[nH]c(-c4ccccn4)cc3cn2)c1. The largest absolute Gasteiger partial charge is 0.353 e. The Balaban J connectivity index is 1.68. The molecule has 1 aromatic carbocycles. The van der Waals surface area contributed by atoms with Gasteiger partial charge >= 0.3 is 0 Å². The van der Waals surface area contributed by atoms with Crippen molar-refractivity contribution in [3.05, 3.63) is 72.8 Å². The third-order valence-corrected chi connectivity index (χ3v) is 3.54. The van der Waals surface area contributed by atoms with Gasteiger partial charge in [-0.3, -0.25) is 4.98 Å². The lowest BCUT2D eigenvalue weighted by Gasteiger charge is -2.05. The third kappa shape index (κ3) is 2.76. The van der Waals surface area contributed by atoms with Crippen molar-refractivity contribution < 1.29 is 4.39 Å². The molecule has 2 N–H and O–H groups in total. The molecular weight excluding hydrogens is 291 g/mol. The molecule has 0 radical (unpaired) electrons. The molecule has 0 atom stereocenters. The van der Waals surface area contributed by atoms with Crippen LogP contribution in [-0.4, -0.2) is 15.0 Å². The van der Waals surface area contributed by atoms with Crippen molar-refractivity contribution in [2.75, 3.05) is 5.32 Å². The number of nitrogens with one attached hydrogen (secondary N) is 2. The van der Waals surface area contributed by atoms with E-state index in [4.69, 9.17) is 0 Å². The number of halogens is 1. The van der Waals surface area contributed by atoms with Gasteiger partial charge in [-0.25, -0.2) is 9.37 Å². The van der Waals surface area contributed by atoms with Crippen molar-refractivity contribution >= 4 is 22.4 Å². The van der Waals surface area contributed by atoms with E-state index in [9.17, 15) is 4.39 Å². The van der Waals surface area contributed by atoms with E-state index in [1.807, 2.05) is 30.3 Å². The van der Waals surface area contributed by atoms with Crippen molar-refractivity contribution in [2.45, 2.75) is 0 Å². The quantitative estimate of drug-likeness (QED) is 0.585. The lowest BCUT2D eigenvalue weighted by Crippen LogP contribution is -1.93. The molecule has 0 saturated heterocycles. The Labute approximate surface area is 132 Å². The highest BCUT2D eigenvalue weighted by Crippen LogP contribution is 2.24. The topological polar surface area (TPSA) is 53.6 Å². The third-order valence-electron chi connectivity index (χ3n) is 3.54. The van der Waals surface area contributed by atoms with Gasteiger partial charge in [0.25, 0.3) is 0 Å². The van der Waals surface area contributed by atoms with Gasteiger partial charge in [-0.1, -0.05) is 12.1 Å². The van der Waals surface area contributed by atoms with Crippen molar-refractivity contribution in [2.24, 2.45) is 0 Å². The summed E-state index contributed by atoms with van der Waals surface area (Å²) in [5, 5.41) is 4.09. The summed E-state index contributed by atoms with van der Waals surface area (Å²) in [4.78, 5) is 12.0. The molecule has 0 bridgehead atoms. The first kappa shape index (κ1) is 13.5. The fourth-order valence-corrected chi connectivity index (χ4v) is 2.47. The zero-order valence-corrected chi connectivity index (χ0v) is 12.1. The highest BCUT2D eigenvalue weighted by molar-refractivity contribution is 5.86. The summed E-state index contributed by atoms with van der Waals surface area (Å²) in [6.45, 7) is 0. The van der Waals surface area contributed by atoms with Crippen LogP contribution in [-0.2, 0) is 0 Å². The van der Waals surface area contributed by atoms with Gasteiger partial charge in [-0.2, -0.15) is 0 Å². The normalized spacial score (nSPS) is 10.8. The van der Waals surface area contributed by atoms with E-state index < -0.39 is 0 Å². The Morgan fingerprint density at radius 1 is 0.957 bits per heavy atom. The lowest BCUT2D eigenvalue weighted by molar-refractivity contribution is 0.628. The monoisotopic (exact) mass is 304 g/mol. The molecule has 0 aliphatic rings. The number of rotatable bonds is 3. The molecule has 0 unspecified atom stereocenters. The first-order valence-electron chi connectivity index (χ1n) is 7.21. The van der Waals surface area contributed by atoms with E-state index in [-0.39, 0.29) is 5.82 Å². The fourth-order valence-electron chi connectivity index (χ4n) is 2.47. The molecule has 4 nitrogen and oxygen atoms in total. The Kier molecular flexibility index (Phi) is 3.24. The number of anilines is 2. The van der Waals surface area contributed by atoms with Crippen LogP contribution in [0.2, 0.25) is 0 Å². The number of H-pyrrole nitrogens is 1. The number of fused-ring (bicyclic) bond motifs is 1. The first-order chi connectivity index (χ1) is 11.3. The van der Waals surface area contributed by atoms with Crippen LogP contribution in [0.3, 0.4) is 0 Å². The van der Waals surface area contributed by atoms with Crippen LogP contribution < -0.4 is 5.32 Å². The number of pyridine rings is 2.